The molecule has 0 unspecified atom stereocenters. The summed E-state index contributed by atoms with van der Waals surface area (Å²) in [6.07, 6.45) is 3.71. The summed E-state index contributed by atoms with van der Waals surface area (Å²) in [6, 6.07) is 17.3. The van der Waals surface area contributed by atoms with Crippen LogP contribution in [0.3, 0.4) is 0 Å². The van der Waals surface area contributed by atoms with Gasteiger partial charge < -0.3 is 0 Å². The van der Waals surface area contributed by atoms with Crippen LogP contribution in [0, 0.1) is 6.92 Å². The van der Waals surface area contributed by atoms with Crippen molar-refractivity contribution in [3.63, 3.8) is 0 Å². The molecule has 0 radical (unpaired) electrons. The fourth-order valence-corrected chi connectivity index (χ4v) is 2.28. The quantitative estimate of drug-likeness (QED) is 0.685. The zero-order valence-electron chi connectivity index (χ0n) is 10.7. The Hall–Kier alpha value is -1.56. The fourth-order valence-electron chi connectivity index (χ4n) is 2.28. The molecule has 0 saturated carbocycles. The minimum absolute atomic E-state index is 1.19. The van der Waals surface area contributed by atoms with Crippen LogP contribution in [0.25, 0.3) is 11.1 Å². The molecule has 2 rings (SSSR count). The van der Waals surface area contributed by atoms with Gasteiger partial charge in [-0.25, -0.2) is 0 Å². The van der Waals surface area contributed by atoms with E-state index < -0.39 is 0 Å². The summed E-state index contributed by atoms with van der Waals surface area (Å²) in [5.74, 6) is 0. The van der Waals surface area contributed by atoms with Gasteiger partial charge in [0, 0.05) is 0 Å². The number of hydrogen-bond acceptors (Lipinski definition) is 0. The number of aryl methyl sites for hydroxylation is 1. The fraction of sp³-hybridized carbons (Fsp3) is 0.294. The van der Waals surface area contributed by atoms with Crippen LogP contribution in [-0.4, -0.2) is 0 Å². The zero-order valence-corrected chi connectivity index (χ0v) is 10.7. The Labute approximate surface area is 104 Å². The third kappa shape index (κ3) is 2.76. The van der Waals surface area contributed by atoms with Crippen molar-refractivity contribution >= 4 is 0 Å². The summed E-state index contributed by atoms with van der Waals surface area (Å²) in [5.41, 5.74) is 5.67. The predicted molar refractivity (Wildman–Crippen MR) is 75.2 cm³/mol. The Morgan fingerprint density at radius 1 is 0.882 bits per heavy atom. The highest BCUT2D eigenvalue weighted by Gasteiger charge is 2.06. The molecule has 0 aliphatic heterocycles. The minimum atomic E-state index is 1.19. The average Bonchev–Trinajstić information content (AvgIpc) is 2.38. The molecular weight excluding hydrogens is 204 g/mol. The van der Waals surface area contributed by atoms with Crippen molar-refractivity contribution in [2.75, 3.05) is 0 Å². The van der Waals surface area contributed by atoms with Crippen LogP contribution in [0.1, 0.15) is 30.9 Å². The first-order chi connectivity index (χ1) is 8.33. The van der Waals surface area contributed by atoms with E-state index >= 15 is 0 Å². The number of benzene rings is 2. The molecule has 2 aromatic rings. The van der Waals surface area contributed by atoms with Gasteiger partial charge in [-0.15, -0.1) is 0 Å². The van der Waals surface area contributed by atoms with E-state index in [-0.39, 0.29) is 0 Å². The van der Waals surface area contributed by atoms with Gasteiger partial charge in [0.1, 0.15) is 0 Å². The van der Waals surface area contributed by atoms with Gasteiger partial charge in [0.25, 0.3) is 0 Å². The molecule has 0 fully saturated rings. The van der Waals surface area contributed by atoms with Crippen LogP contribution in [0.5, 0.6) is 0 Å². The summed E-state index contributed by atoms with van der Waals surface area (Å²) in [4.78, 5) is 0. The van der Waals surface area contributed by atoms with Crippen LogP contribution in [0.15, 0.2) is 48.5 Å². The van der Waals surface area contributed by atoms with Crippen molar-refractivity contribution < 1.29 is 0 Å². The highest BCUT2D eigenvalue weighted by molar-refractivity contribution is 5.68. The molecular formula is C17H20. The zero-order chi connectivity index (χ0) is 12.1. The molecule has 17 heavy (non-hydrogen) atoms. The number of unbranched alkanes of at least 4 members (excludes halogenated alkanes) is 1. The summed E-state index contributed by atoms with van der Waals surface area (Å²) in [6.45, 7) is 4.47. The van der Waals surface area contributed by atoms with Crippen LogP contribution < -0.4 is 0 Å². The third-order valence-electron chi connectivity index (χ3n) is 3.28. The predicted octanol–water partition coefficient (Wildman–Crippen LogP) is 5.00. The van der Waals surface area contributed by atoms with Gasteiger partial charge in [-0.2, -0.15) is 0 Å². The Bertz CT molecular complexity index is 469. The van der Waals surface area contributed by atoms with E-state index in [1.54, 1.807) is 0 Å². The molecule has 0 aromatic heterocycles. The first kappa shape index (κ1) is 11.9. The van der Waals surface area contributed by atoms with Gasteiger partial charge >= 0.3 is 0 Å². The number of rotatable bonds is 4. The lowest BCUT2D eigenvalue weighted by Crippen LogP contribution is -1.94. The van der Waals surface area contributed by atoms with Gasteiger partial charge in [0.2, 0.25) is 0 Å². The molecule has 0 amide bonds. The minimum Gasteiger partial charge on any atom is -0.0654 e. The summed E-state index contributed by atoms with van der Waals surface area (Å²) < 4.78 is 0. The van der Waals surface area contributed by atoms with Crippen molar-refractivity contribution in [1.82, 2.24) is 0 Å². The normalized spacial score (nSPS) is 10.5. The first-order valence-corrected chi connectivity index (χ1v) is 6.47. The number of hydrogen-bond donors (Lipinski definition) is 0. The SMILES string of the molecule is CCCCc1c(C)cccc1-c1ccccc1. The topological polar surface area (TPSA) is 0 Å². The second-order valence-electron chi connectivity index (χ2n) is 4.57. The van der Waals surface area contributed by atoms with E-state index in [1.807, 2.05) is 0 Å². The molecule has 2 aromatic carbocycles. The highest BCUT2D eigenvalue weighted by Crippen LogP contribution is 2.27. The van der Waals surface area contributed by atoms with E-state index in [0.717, 1.165) is 0 Å². The molecule has 0 N–H and O–H groups in total. The van der Waals surface area contributed by atoms with Crippen molar-refractivity contribution in [2.24, 2.45) is 0 Å². The molecule has 88 valence electrons. The van der Waals surface area contributed by atoms with E-state index in [2.05, 4.69) is 62.4 Å². The van der Waals surface area contributed by atoms with Crippen molar-refractivity contribution in [3.8, 4) is 11.1 Å². The average molecular weight is 224 g/mol. The second kappa shape index (κ2) is 5.67. The second-order valence-corrected chi connectivity index (χ2v) is 4.57. The van der Waals surface area contributed by atoms with Crippen molar-refractivity contribution in [1.29, 1.82) is 0 Å². The van der Waals surface area contributed by atoms with Gasteiger partial charge in [0.05, 0.1) is 0 Å². The Morgan fingerprint density at radius 3 is 2.35 bits per heavy atom. The Balaban J connectivity index is 2.43. The third-order valence-corrected chi connectivity index (χ3v) is 3.28. The molecule has 0 heterocycles. The molecule has 0 atom stereocenters. The first-order valence-electron chi connectivity index (χ1n) is 6.47. The van der Waals surface area contributed by atoms with Gasteiger partial charge in [0.15, 0.2) is 0 Å². The lowest BCUT2D eigenvalue weighted by Gasteiger charge is -2.12. The van der Waals surface area contributed by atoms with E-state index in [0.29, 0.717) is 0 Å². The van der Waals surface area contributed by atoms with Gasteiger partial charge in [-0.1, -0.05) is 61.9 Å². The molecule has 0 heteroatoms. The molecule has 0 aliphatic carbocycles. The molecule has 0 spiro atoms. The van der Waals surface area contributed by atoms with E-state index in [1.165, 1.54) is 41.5 Å². The largest absolute Gasteiger partial charge is 0.0654 e. The Kier molecular flexibility index (Phi) is 3.98. The van der Waals surface area contributed by atoms with Crippen LogP contribution in [0.2, 0.25) is 0 Å². The van der Waals surface area contributed by atoms with Crippen LogP contribution >= 0.6 is 0 Å². The maximum Gasteiger partial charge on any atom is -0.0149 e. The molecule has 0 nitrogen and oxygen atoms in total. The monoisotopic (exact) mass is 224 g/mol. The molecule has 0 bridgehead atoms. The molecule has 0 aliphatic rings. The van der Waals surface area contributed by atoms with E-state index in [9.17, 15) is 0 Å². The molecule has 0 saturated heterocycles. The summed E-state index contributed by atoms with van der Waals surface area (Å²) >= 11 is 0. The highest BCUT2D eigenvalue weighted by atomic mass is 14.1. The van der Waals surface area contributed by atoms with Crippen molar-refractivity contribution in [2.45, 2.75) is 33.1 Å². The summed E-state index contributed by atoms with van der Waals surface area (Å²) in [5, 5.41) is 0. The maximum atomic E-state index is 2.25. The smallest absolute Gasteiger partial charge is 0.0149 e. The van der Waals surface area contributed by atoms with Crippen molar-refractivity contribution in [3.05, 3.63) is 59.7 Å². The standard InChI is InChI=1S/C17H20/c1-3-4-12-16-14(2)9-8-13-17(16)15-10-6-5-7-11-15/h5-11,13H,3-4,12H2,1-2H3. The van der Waals surface area contributed by atoms with Gasteiger partial charge in [-0.05, 0) is 42.0 Å². The lowest BCUT2D eigenvalue weighted by molar-refractivity contribution is 0.792. The maximum absolute atomic E-state index is 2.25. The Morgan fingerprint density at radius 2 is 1.65 bits per heavy atom. The lowest BCUT2D eigenvalue weighted by atomic mass is 9.93. The van der Waals surface area contributed by atoms with Gasteiger partial charge in [-0.3, -0.25) is 0 Å². The summed E-state index contributed by atoms with van der Waals surface area (Å²) in [7, 11) is 0. The van der Waals surface area contributed by atoms with E-state index in [4.69, 9.17) is 0 Å². The van der Waals surface area contributed by atoms with Crippen LogP contribution in [0.4, 0.5) is 0 Å². The van der Waals surface area contributed by atoms with Crippen LogP contribution in [-0.2, 0) is 6.42 Å².